The van der Waals surface area contributed by atoms with Crippen LogP contribution in [0.5, 0.6) is 0 Å². The first-order chi connectivity index (χ1) is 12.0. The molecule has 0 atom stereocenters. The number of non-ortho nitro benzene ring substituents is 1. The number of amides is 1. The normalized spacial score (nSPS) is 10.6. The quantitative estimate of drug-likeness (QED) is 0.334. The third-order valence-corrected chi connectivity index (χ3v) is 3.41. The Bertz CT molecular complexity index is 774. The molecule has 0 fully saturated rings. The maximum Gasteiger partial charge on any atom is 0.270 e. The standard InChI is InChI=1S/C18H20N4O3/c1-14-5-2-7-16(11-14)19-10-4-9-18(23)21-20-13-15-6-3-8-17(12-15)22(24)25/h2-3,5-8,11-13,19H,4,9-10H2,1H3,(H,21,23)/b20-13-. The number of hydrazone groups is 1. The van der Waals surface area contributed by atoms with E-state index >= 15 is 0 Å². The second-order valence-electron chi connectivity index (χ2n) is 5.55. The van der Waals surface area contributed by atoms with Crippen molar-refractivity contribution in [3.05, 3.63) is 69.8 Å². The fourth-order valence-electron chi connectivity index (χ4n) is 2.19. The number of carbonyl (C=O) groups is 1. The van der Waals surface area contributed by atoms with E-state index in [4.69, 9.17) is 0 Å². The van der Waals surface area contributed by atoms with Gasteiger partial charge in [-0.05, 0) is 31.0 Å². The van der Waals surface area contributed by atoms with Crippen LogP contribution in [0.4, 0.5) is 11.4 Å². The summed E-state index contributed by atoms with van der Waals surface area (Å²) in [7, 11) is 0. The van der Waals surface area contributed by atoms with Gasteiger partial charge in [0.2, 0.25) is 5.91 Å². The summed E-state index contributed by atoms with van der Waals surface area (Å²) in [6, 6.07) is 14.1. The molecular weight excluding hydrogens is 320 g/mol. The molecule has 0 spiro atoms. The lowest BCUT2D eigenvalue weighted by Crippen LogP contribution is -2.18. The molecule has 0 saturated heterocycles. The van der Waals surface area contributed by atoms with E-state index in [2.05, 4.69) is 15.8 Å². The Morgan fingerprint density at radius 1 is 1.24 bits per heavy atom. The highest BCUT2D eigenvalue weighted by Crippen LogP contribution is 2.11. The van der Waals surface area contributed by atoms with Crippen LogP contribution in [0, 0.1) is 17.0 Å². The van der Waals surface area contributed by atoms with Crippen LogP contribution in [-0.2, 0) is 4.79 Å². The van der Waals surface area contributed by atoms with Gasteiger partial charge < -0.3 is 5.32 Å². The van der Waals surface area contributed by atoms with Crippen LogP contribution in [0.1, 0.15) is 24.0 Å². The molecule has 0 aliphatic rings. The number of nitrogens with one attached hydrogen (secondary N) is 2. The number of anilines is 1. The van der Waals surface area contributed by atoms with E-state index in [1.165, 1.54) is 23.9 Å². The molecule has 1 amide bonds. The first kappa shape index (κ1) is 18.1. The van der Waals surface area contributed by atoms with Crippen molar-refractivity contribution in [3.8, 4) is 0 Å². The third-order valence-electron chi connectivity index (χ3n) is 3.41. The van der Waals surface area contributed by atoms with Crippen molar-refractivity contribution in [3.63, 3.8) is 0 Å². The minimum Gasteiger partial charge on any atom is -0.385 e. The van der Waals surface area contributed by atoms with Crippen LogP contribution in [-0.4, -0.2) is 23.6 Å². The Morgan fingerprint density at radius 3 is 2.80 bits per heavy atom. The summed E-state index contributed by atoms with van der Waals surface area (Å²) in [5.41, 5.74) is 5.17. The molecule has 2 aromatic carbocycles. The van der Waals surface area contributed by atoms with E-state index in [-0.39, 0.29) is 11.6 Å². The monoisotopic (exact) mass is 340 g/mol. The summed E-state index contributed by atoms with van der Waals surface area (Å²) < 4.78 is 0. The Labute approximate surface area is 145 Å². The van der Waals surface area contributed by atoms with E-state index in [0.717, 1.165) is 5.69 Å². The molecule has 130 valence electrons. The number of benzene rings is 2. The van der Waals surface area contributed by atoms with Crippen molar-refractivity contribution < 1.29 is 9.72 Å². The zero-order chi connectivity index (χ0) is 18.1. The smallest absolute Gasteiger partial charge is 0.270 e. The Balaban J connectivity index is 1.70. The van der Waals surface area contributed by atoms with Crippen molar-refractivity contribution >= 4 is 23.5 Å². The molecule has 0 unspecified atom stereocenters. The van der Waals surface area contributed by atoms with Gasteiger partial charge in [0, 0.05) is 36.3 Å². The minimum absolute atomic E-state index is 0.0162. The minimum atomic E-state index is -0.475. The second kappa shape index (κ2) is 9.17. The first-order valence-electron chi connectivity index (χ1n) is 7.91. The number of nitrogens with zero attached hydrogens (tertiary/aromatic N) is 2. The molecule has 2 rings (SSSR count). The predicted octanol–water partition coefficient (Wildman–Crippen LogP) is 3.25. The highest BCUT2D eigenvalue weighted by atomic mass is 16.6. The summed E-state index contributed by atoms with van der Waals surface area (Å²) in [6.07, 6.45) is 2.40. The van der Waals surface area contributed by atoms with Gasteiger partial charge in [-0.1, -0.05) is 24.3 Å². The number of hydrogen-bond acceptors (Lipinski definition) is 5. The van der Waals surface area contributed by atoms with Gasteiger partial charge in [-0.2, -0.15) is 5.10 Å². The Kier molecular flexibility index (Phi) is 6.65. The number of carbonyl (C=O) groups excluding carboxylic acids is 1. The average Bonchev–Trinajstić information content (AvgIpc) is 2.59. The van der Waals surface area contributed by atoms with Crippen LogP contribution in [0.2, 0.25) is 0 Å². The third kappa shape index (κ3) is 6.42. The van der Waals surface area contributed by atoms with Crippen LogP contribution < -0.4 is 10.7 Å². The van der Waals surface area contributed by atoms with Gasteiger partial charge in [-0.25, -0.2) is 5.43 Å². The molecule has 0 radical (unpaired) electrons. The van der Waals surface area contributed by atoms with Crippen LogP contribution in [0.25, 0.3) is 0 Å². The average molecular weight is 340 g/mol. The van der Waals surface area contributed by atoms with Crippen molar-refractivity contribution in [2.75, 3.05) is 11.9 Å². The fourth-order valence-corrected chi connectivity index (χ4v) is 2.19. The van der Waals surface area contributed by atoms with Crippen LogP contribution in [0.3, 0.4) is 0 Å². The van der Waals surface area contributed by atoms with E-state index in [9.17, 15) is 14.9 Å². The van der Waals surface area contributed by atoms with Gasteiger partial charge >= 0.3 is 0 Å². The molecular formula is C18H20N4O3. The SMILES string of the molecule is Cc1cccc(NCCCC(=O)N/N=C\c2cccc([N+](=O)[O-])c2)c1. The van der Waals surface area contributed by atoms with Crippen molar-refractivity contribution in [2.24, 2.45) is 5.10 Å². The van der Waals surface area contributed by atoms with Crippen molar-refractivity contribution in [2.45, 2.75) is 19.8 Å². The van der Waals surface area contributed by atoms with E-state index in [1.54, 1.807) is 12.1 Å². The molecule has 0 aliphatic carbocycles. The number of nitro benzene ring substituents is 1. The fraction of sp³-hybridized carbons (Fsp3) is 0.222. The van der Waals surface area contributed by atoms with E-state index < -0.39 is 4.92 Å². The van der Waals surface area contributed by atoms with Gasteiger partial charge in [0.1, 0.15) is 0 Å². The predicted molar refractivity (Wildman–Crippen MR) is 97.7 cm³/mol. The second-order valence-corrected chi connectivity index (χ2v) is 5.55. The summed E-state index contributed by atoms with van der Waals surface area (Å²) in [5, 5.41) is 17.8. The summed E-state index contributed by atoms with van der Waals surface area (Å²) in [4.78, 5) is 21.9. The van der Waals surface area contributed by atoms with Gasteiger partial charge in [0.15, 0.2) is 0 Å². The zero-order valence-electron chi connectivity index (χ0n) is 13.9. The molecule has 7 nitrogen and oxygen atoms in total. The number of hydrogen-bond donors (Lipinski definition) is 2. The highest BCUT2D eigenvalue weighted by molar-refractivity contribution is 5.83. The maximum absolute atomic E-state index is 11.7. The molecule has 2 N–H and O–H groups in total. The first-order valence-corrected chi connectivity index (χ1v) is 7.91. The largest absolute Gasteiger partial charge is 0.385 e. The maximum atomic E-state index is 11.7. The molecule has 0 aromatic heterocycles. The van der Waals surface area contributed by atoms with Gasteiger partial charge in [0.05, 0.1) is 11.1 Å². The van der Waals surface area contributed by atoms with E-state index in [1.807, 2.05) is 31.2 Å². The van der Waals surface area contributed by atoms with Crippen molar-refractivity contribution in [1.82, 2.24) is 5.43 Å². The lowest BCUT2D eigenvalue weighted by atomic mass is 10.2. The number of nitro groups is 1. The molecule has 0 bridgehead atoms. The molecule has 0 aliphatic heterocycles. The molecule has 0 heterocycles. The van der Waals surface area contributed by atoms with Gasteiger partial charge in [0.25, 0.3) is 5.69 Å². The van der Waals surface area contributed by atoms with Crippen molar-refractivity contribution in [1.29, 1.82) is 0 Å². The summed E-state index contributed by atoms with van der Waals surface area (Å²) >= 11 is 0. The Morgan fingerprint density at radius 2 is 2.04 bits per heavy atom. The lowest BCUT2D eigenvalue weighted by Gasteiger charge is -2.06. The molecule has 25 heavy (non-hydrogen) atoms. The Hall–Kier alpha value is -3.22. The van der Waals surface area contributed by atoms with Crippen LogP contribution in [0.15, 0.2) is 53.6 Å². The topological polar surface area (TPSA) is 96.6 Å². The zero-order valence-corrected chi connectivity index (χ0v) is 13.9. The molecule has 7 heteroatoms. The van der Waals surface area contributed by atoms with E-state index in [0.29, 0.717) is 24.9 Å². The highest BCUT2D eigenvalue weighted by Gasteiger charge is 2.04. The molecule has 2 aromatic rings. The number of aryl methyl sites for hydroxylation is 1. The number of rotatable bonds is 8. The summed E-state index contributed by atoms with van der Waals surface area (Å²) in [6.45, 7) is 2.71. The van der Waals surface area contributed by atoms with Gasteiger partial charge in [-0.3, -0.25) is 14.9 Å². The van der Waals surface area contributed by atoms with Gasteiger partial charge in [-0.15, -0.1) is 0 Å². The molecule has 0 saturated carbocycles. The lowest BCUT2D eigenvalue weighted by molar-refractivity contribution is -0.384. The van der Waals surface area contributed by atoms with Crippen LogP contribution >= 0.6 is 0 Å². The summed E-state index contributed by atoms with van der Waals surface area (Å²) in [5.74, 6) is -0.201.